The maximum atomic E-state index is 13.2. The third kappa shape index (κ3) is 7.11. The first-order chi connectivity index (χ1) is 18.4. The van der Waals surface area contributed by atoms with Crippen molar-refractivity contribution in [2.75, 3.05) is 18.1 Å². The van der Waals surface area contributed by atoms with E-state index in [0.717, 1.165) is 19.4 Å². The molecule has 5 atom stereocenters. The Balaban J connectivity index is 2.02. The maximum absolute atomic E-state index is 13.2. The number of amides is 2. The summed E-state index contributed by atoms with van der Waals surface area (Å²) in [6, 6.07) is 4.30. The molecule has 2 aliphatic rings. The maximum Gasteiger partial charge on any atom is 0.303 e. The van der Waals surface area contributed by atoms with Gasteiger partial charge in [-0.2, -0.15) is 0 Å². The van der Waals surface area contributed by atoms with Crippen molar-refractivity contribution in [2.24, 2.45) is 5.16 Å². The molecule has 1 aromatic rings. The molecule has 39 heavy (non-hydrogen) atoms. The fourth-order valence-corrected chi connectivity index (χ4v) is 4.45. The van der Waals surface area contributed by atoms with Gasteiger partial charge in [-0.1, -0.05) is 23.7 Å². The molecule has 1 fully saturated rings. The van der Waals surface area contributed by atoms with Crippen molar-refractivity contribution in [1.82, 2.24) is 5.32 Å². The Morgan fingerprint density at radius 2 is 1.69 bits per heavy atom. The molecule has 2 heterocycles. The lowest BCUT2D eigenvalue weighted by atomic mass is 9.96. The van der Waals surface area contributed by atoms with Gasteiger partial charge < -0.3 is 34.0 Å². The predicted octanol–water partition coefficient (Wildman–Crippen LogP) is 1.13. The van der Waals surface area contributed by atoms with Crippen LogP contribution in [-0.4, -0.2) is 79.2 Å². The highest BCUT2D eigenvalue weighted by molar-refractivity contribution is 6.54. The first-order valence-corrected chi connectivity index (χ1v) is 12.5. The van der Waals surface area contributed by atoms with E-state index >= 15 is 0 Å². The second-order valence-electron chi connectivity index (χ2n) is 9.24. The average Bonchev–Trinajstić information content (AvgIpc) is 3.09. The molecule has 1 aromatic carbocycles. The van der Waals surface area contributed by atoms with Crippen molar-refractivity contribution in [3.05, 3.63) is 29.3 Å². The SMILES string of the molecule is CCCN1C(=O)/C(=N/O[C@@H]2O[C@H](COC(C)=O)[C@H](OC(C)=O)[C@H](OC(C)=O)[C@@H]2NC(C)=O)c2cc(C)ccc21. The van der Waals surface area contributed by atoms with Crippen LogP contribution in [0.2, 0.25) is 0 Å². The van der Waals surface area contributed by atoms with Gasteiger partial charge in [0.25, 0.3) is 12.2 Å². The molecule has 13 nitrogen and oxygen atoms in total. The summed E-state index contributed by atoms with van der Waals surface area (Å²) in [7, 11) is 0. The zero-order chi connectivity index (χ0) is 28.9. The molecule has 0 radical (unpaired) electrons. The highest BCUT2D eigenvalue weighted by Gasteiger charge is 2.52. The Morgan fingerprint density at radius 3 is 2.28 bits per heavy atom. The molecule has 0 aromatic heterocycles. The van der Waals surface area contributed by atoms with Crippen molar-refractivity contribution in [2.45, 2.75) is 78.6 Å². The van der Waals surface area contributed by atoms with Crippen LogP contribution in [-0.2, 0) is 47.8 Å². The lowest BCUT2D eigenvalue weighted by Crippen LogP contribution is -2.66. The highest BCUT2D eigenvalue weighted by Crippen LogP contribution is 2.32. The normalized spacial score (nSPS) is 25.1. The number of anilines is 1. The van der Waals surface area contributed by atoms with E-state index in [2.05, 4.69) is 10.5 Å². The molecule has 0 saturated carbocycles. The quantitative estimate of drug-likeness (QED) is 0.270. The average molecular weight is 548 g/mol. The number of hydrogen-bond acceptors (Lipinski definition) is 11. The van der Waals surface area contributed by atoms with E-state index in [1.54, 1.807) is 11.0 Å². The number of hydrogen-bond donors (Lipinski definition) is 1. The number of nitrogens with zero attached hydrogens (tertiary/aromatic N) is 2. The number of rotatable bonds is 9. The minimum absolute atomic E-state index is 0.0232. The molecule has 212 valence electrons. The largest absolute Gasteiger partial charge is 0.463 e. The van der Waals surface area contributed by atoms with Crippen LogP contribution in [0.25, 0.3) is 0 Å². The summed E-state index contributed by atoms with van der Waals surface area (Å²) in [4.78, 5) is 68.1. The van der Waals surface area contributed by atoms with Crippen molar-refractivity contribution in [1.29, 1.82) is 0 Å². The summed E-state index contributed by atoms with van der Waals surface area (Å²) in [5, 5.41) is 6.71. The molecule has 13 heteroatoms. The number of nitrogens with one attached hydrogen (secondary N) is 1. The van der Waals surface area contributed by atoms with Crippen LogP contribution < -0.4 is 10.2 Å². The minimum atomic E-state index is -1.43. The van der Waals surface area contributed by atoms with Gasteiger partial charge in [0.15, 0.2) is 17.9 Å². The van der Waals surface area contributed by atoms with Crippen LogP contribution in [0.4, 0.5) is 5.69 Å². The minimum Gasteiger partial charge on any atom is -0.463 e. The molecule has 0 bridgehead atoms. The predicted molar refractivity (Wildman–Crippen MR) is 135 cm³/mol. The van der Waals surface area contributed by atoms with Gasteiger partial charge in [-0.25, -0.2) is 0 Å². The monoisotopic (exact) mass is 547 g/mol. The van der Waals surface area contributed by atoms with Crippen molar-refractivity contribution >= 4 is 41.1 Å². The van der Waals surface area contributed by atoms with Gasteiger partial charge in [-0.15, -0.1) is 0 Å². The second kappa shape index (κ2) is 12.7. The number of fused-ring (bicyclic) bond motifs is 1. The van der Waals surface area contributed by atoms with Gasteiger partial charge in [-0.05, 0) is 25.5 Å². The standard InChI is InChI=1S/C26H33N3O10/c1-7-10-29-19-9-8-13(2)11-18(19)21(25(29)34)28-39-26-22(27-14(3)30)24(37-17(6)33)23(36-16(5)32)20(38-26)12-35-15(4)31/h8-9,11,20,22-24,26H,7,10,12H2,1-6H3,(H,27,30)/b28-21+/t20-,22+,23+,24-,26+/m1/s1. The molecular formula is C26H33N3O10. The van der Waals surface area contributed by atoms with Crippen LogP contribution in [0.3, 0.4) is 0 Å². The third-order valence-corrected chi connectivity index (χ3v) is 5.91. The topological polar surface area (TPSA) is 159 Å². The lowest BCUT2D eigenvalue weighted by molar-refractivity contribution is -0.278. The first-order valence-electron chi connectivity index (χ1n) is 12.5. The van der Waals surface area contributed by atoms with E-state index in [1.165, 1.54) is 13.8 Å². The number of oxime groups is 1. The first kappa shape index (κ1) is 29.6. The fourth-order valence-electron chi connectivity index (χ4n) is 4.45. The molecule has 3 rings (SSSR count). The van der Waals surface area contributed by atoms with E-state index in [1.807, 2.05) is 26.0 Å². The Bertz CT molecular complexity index is 1170. The third-order valence-electron chi connectivity index (χ3n) is 5.91. The molecule has 0 aliphatic carbocycles. The van der Waals surface area contributed by atoms with E-state index in [9.17, 15) is 24.0 Å². The van der Waals surface area contributed by atoms with E-state index in [-0.39, 0.29) is 18.2 Å². The number of esters is 3. The lowest BCUT2D eigenvalue weighted by Gasteiger charge is -2.43. The number of benzene rings is 1. The summed E-state index contributed by atoms with van der Waals surface area (Å²) in [5.41, 5.74) is 2.16. The molecule has 1 N–H and O–H groups in total. The van der Waals surface area contributed by atoms with Gasteiger partial charge in [-0.3, -0.25) is 24.0 Å². The van der Waals surface area contributed by atoms with Crippen LogP contribution in [0.1, 0.15) is 52.2 Å². The van der Waals surface area contributed by atoms with Crippen LogP contribution in [0.5, 0.6) is 0 Å². The molecule has 0 spiro atoms. The van der Waals surface area contributed by atoms with Crippen LogP contribution in [0.15, 0.2) is 23.4 Å². The molecule has 2 aliphatic heterocycles. The summed E-state index contributed by atoms with van der Waals surface area (Å²) in [6.45, 7) is 8.58. The molecular weight excluding hydrogens is 514 g/mol. The Hall–Kier alpha value is -4.00. The Labute approximate surface area is 225 Å². The Kier molecular flexibility index (Phi) is 9.62. The number of ether oxygens (including phenoxy) is 4. The second-order valence-corrected chi connectivity index (χ2v) is 9.24. The van der Waals surface area contributed by atoms with Gasteiger partial charge in [0, 0.05) is 39.8 Å². The van der Waals surface area contributed by atoms with E-state index < -0.39 is 54.5 Å². The van der Waals surface area contributed by atoms with Gasteiger partial charge in [0.1, 0.15) is 18.8 Å². The van der Waals surface area contributed by atoms with Crippen molar-refractivity contribution in [3.63, 3.8) is 0 Å². The highest BCUT2D eigenvalue weighted by atomic mass is 16.8. The van der Waals surface area contributed by atoms with Crippen molar-refractivity contribution < 1.29 is 47.8 Å². The summed E-state index contributed by atoms with van der Waals surface area (Å²) in [5.74, 6) is -3.01. The zero-order valence-corrected chi connectivity index (χ0v) is 22.7. The van der Waals surface area contributed by atoms with Gasteiger partial charge in [0.2, 0.25) is 5.91 Å². The molecule has 0 unspecified atom stereocenters. The summed E-state index contributed by atoms with van der Waals surface area (Å²) in [6.07, 6.45) is -4.46. The molecule has 2 amide bonds. The summed E-state index contributed by atoms with van der Waals surface area (Å²) >= 11 is 0. The van der Waals surface area contributed by atoms with Gasteiger partial charge in [0.05, 0.1) is 5.69 Å². The number of carbonyl (C=O) groups excluding carboxylic acids is 5. The number of aryl methyl sites for hydroxylation is 1. The van der Waals surface area contributed by atoms with E-state index in [4.69, 9.17) is 23.8 Å². The van der Waals surface area contributed by atoms with Gasteiger partial charge >= 0.3 is 17.9 Å². The summed E-state index contributed by atoms with van der Waals surface area (Å²) < 4.78 is 21.8. The van der Waals surface area contributed by atoms with E-state index in [0.29, 0.717) is 24.2 Å². The van der Waals surface area contributed by atoms with Crippen molar-refractivity contribution in [3.8, 4) is 0 Å². The van der Waals surface area contributed by atoms with Crippen LogP contribution in [0, 0.1) is 6.92 Å². The van der Waals surface area contributed by atoms with Crippen LogP contribution >= 0.6 is 0 Å². The fraction of sp³-hybridized carbons (Fsp3) is 0.538. The zero-order valence-electron chi connectivity index (χ0n) is 22.7. The molecule has 1 saturated heterocycles. The smallest absolute Gasteiger partial charge is 0.303 e. The Morgan fingerprint density at radius 1 is 1.03 bits per heavy atom. The number of carbonyl (C=O) groups is 5.